The van der Waals surface area contributed by atoms with E-state index in [2.05, 4.69) is 6.92 Å². The van der Waals surface area contributed by atoms with Gasteiger partial charge in [-0.2, -0.15) is 0 Å². The Morgan fingerprint density at radius 1 is 1.56 bits per heavy atom. The maximum atomic E-state index is 12.0. The molecule has 2 heterocycles. The summed E-state index contributed by atoms with van der Waals surface area (Å²) in [5.41, 5.74) is 5.91. The van der Waals surface area contributed by atoms with Crippen molar-refractivity contribution in [1.29, 1.82) is 0 Å². The molecule has 16 heavy (non-hydrogen) atoms. The summed E-state index contributed by atoms with van der Waals surface area (Å²) in [4.78, 5) is 13.8. The second-order valence-electron chi connectivity index (χ2n) is 4.38. The van der Waals surface area contributed by atoms with Crippen molar-refractivity contribution in [3.8, 4) is 0 Å². The fourth-order valence-electron chi connectivity index (χ4n) is 1.98. The number of amides is 1. The first kappa shape index (κ1) is 11.3. The standard InChI is InChI=1S/C11H18N2O3/c1-8-6-13(3-2-9(8)12)11(14)10-7-15-4-5-16-10/h7-9H,2-6,12H2,1H3. The average molecular weight is 226 g/mol. The number of carbonyl (C=O) groups excluding carboxylic acids is 1. The number of carbonyl (C=O) groups is 1. The number of hydrogen-bond donors (Lipinski definition) is 1. The summed E-state index contributed by atoms with van der Waals surface area (Å²) in [5, 5.41) is 0. The number of nitrogens with two attached hydrogens (primary N) is 1. The molecule has 2 atom stereocenters. The van der Waals surface area contributed by atoms with Crippen molar-refractivity contribution in [1.82, 2.24) is 4.90 Å². The van der Waals surface area contributed by atoms with Crippen LogP contribution in [0.4, 0.5) is 0 Å². The molecule has 0 radical (unpaired) electrons. The summed E-state index contributed by atoms with van der Waals surface area (Å²) in [7, 11) is 0. The molecule has 0 aromatic carbocycles. The number of ether oxygens (including phenoxy) is 2. The van der Waals surface area contributed by atoms with Gasteiger partial charge in [-0.05, 0) is 12.3 Å². The first-order valence-corrected chi connectivity index (χ1v) is 5.68. The van der Waals surface area contributed by atoms with E-state index in [-0.39, 0.29) is 11.9 Å². The zero-order valence-corrected chi connectivity index (χ0v) is 9.52. The van der Waals surface area contributed by atoms with Crippen LogP contribution in [0, 0.1) is 5.92 Å². The molecule has 1 saturated heterocycles. The van der Waals surface area contributed by atoms with Crippen molar-refractivity contribution in [2.24, 2.45) is 11.7 Å². The van der Waals surface area contributed by atoms with E-state index in [0.29, 0.717) is 38.0 Å². The lowest BCUT2D eigenvalue weighted by Crippen LogP contribution is -2.48. The molecule has 2 aliphatic rings. The van der Waals surface area contributed by atoms with E-state index in [1.807, 2.05) is 0 Å². The van der Waals surface area contributed by atoms with Crippen molar-refractivity contribution < 1.29 is 14.3 Å². The molecule has 0 aliphatic carbocycles. The summed E-state index contributed by atoms with van der Waals surface area (Å²) < 4.78 is 10.4. The fourth-order valence-corrected chi connectivity index (χ4v) is 1.98. The van der Waals surface area contributed by atoms with Crippen LogP contribution < -0.4 is 5.73 Å². The first-order valence-electron chi connectivity index (χ1n) is 5.68. The van der Waals surface area contributed by atoms with Gasteiger partial charge in [-0.1, -0.05) is 6.92 Å². The van der Waals surface area contributed by atoms with Gasteiger partial charge in [-0.15, -0.1) is 0 Å². The van der Waals surface area contributed by atoms with Crippen LogP contribution in [-0.4, -0.2) is 43.2 Å². The molecule has 0 saturated carbocycles. The van der Waals surface area contributed by atoms with Gasteiger partial charge in [-0.25, -0.2) is 0 Å². The highest BCUT2D eigenvalue weighted by atomic mass is 16.6. The molecule has 1 fully saturated rings. The molecule has 1 amide bonds. The Morgan fingerprint density at radius 2 is 2.38 bits per heavy atom. The molecule has 0 aromatic heterocycles. The fraction of sp³-hybridized carbons (Fsp3) is 0.727. The summed E-state index contributed by atoms with van der Waals surface area (Å²) in [5.74, 6) is 0.565. The SMILES string of the molecule is CC1CN(C(=O)C2=COCCO2)CCC1N. The van der Waals surface area contributed by atoms with Crippen molar-refractivity contribution in [2.45, 2.75) is 19.4 Å². The molecule has 2 rings (SSSR count). The smallest absolute Gasteiger partial charge is 0.292 e. The number of piperidine rings is 1. The van der Waals surface area contributed by atoms with Gasteiger partial charge in [0.05, 0.1) is 0 Å². The summed E-state index contributed by atoms with van der Waals surface area (Å²) >= 11 is 0. The summed E-state index contributed by atoms with van der Waals surface area (Å²) in [6, 6.07) is 0.196. The van der Waals surface area contributed by atoms with Gasteiger partial charge < -0.3 is 20.1 Å². The van der Waals surface area contributed by atoms with Crippen molar-refractivity contribution >= 4 is 5.91 Å². The molecular formula is C11H18N2O3. The van der Waals surface area contributed by atoms with Gasteiger partial charge in [0.1, 0.15) is 19.5 Å². The van der Waals surface area contributed by atoms with Crippen LogP contribution in [0.2, 0.25) is 0 Å². The Kier molecular flexibility index (Phi) is 3.33. The molecule has 5 nitrogen and oxygen atoms in total. The molecule has 0 spiro atoms. The highest BCUT2D eigenvalue weighted by molar-refractivity contribution is 5.91. The van der Waals surface area contributed by atoms with E-state index in [4.69, 9.17) is 15.2 Å². The number of rotatable bonds is 1. The van der Waals surface area contributed by atoms with E-state index >= 15 is 0 Å². The van der Waals surface area contributed by atoms with E-state index in [9.17, 15) is 4.79 Å². The predicted octanol–water partition coefficient (Wildman–Crippen LogP) is 0.0703. The lowest BCUT2D eigenvalue weighted by molar-refractivity contribution is -0.134. The Balaban J connectivity index is 1.97. The van der Waals surface area contributed by atoms with E-state index < -0.39 is 0 Å². The van der Waals surface area contributed by atoms with Crippen LogP contribution in [0.5, 0.6) is 0 Å². The van der Waals surface area contributed by atoms with E-state index in [1.54, 1.807) is 4.90 Å². The summed E-state index contributed by atoms with van der Waals surface area (Å²) in [6.07, 6.45) is 2.26. The topological polar surface area (TPSA) is 64.8 Å². The quantitative estimate of drug-likeness (QED) is 0.687. The van der Waals surface area contributed by atoms with Crippen LogP contribution in [0.15, 0.2) is 12.0 Å². The third-order valence-electron chi connectivity index (χ3n) is 3.12. The van der Waals surface area contributed by atoms with Crippen molar-refractivity contribution in [3.63, 3.8) is 0 Å². The molecule has 0 aromatic rings. The molecule has 2 N–H and O–H groups in total. The highest BCUT2D eigenvalue weighted by Gasteiger charge is 2.29. The normalized spacial score (nSPS) is 30.1. The van der Waals surface area contributed by atoms with Crippen LogP contribution >= 0.6 is 0 Å². The monoisotopic (exact) mass is 226 g/mol. The zero-order valence-electron chi connectivity index (χ0n) is 9.52. The molecular weight excluding hydrogens is 208 g/mol. The van der Waals surface area contributed by atoms with Gasteiger partial charge in [0.2, 0.25) is 5.76 Å². The Labute approximate surface area is 95.2 Å². The van der Waals surface area contributed by atoms with E-state index in [1.165, 1.54) is 6.26 Å². The lowest BCUT2D eigenvalue weighted by atomic mass is 9.95. The lowest BCUT2D eigenvalue weighted by Gasteiger charge is -2.35. The summed E-state index contributed by atoms with van der Waals surface area (Å²) in [6.45, 7) is 4.42. The van der Waals surface area contributed by atoms with Gasteiger partial charge in [0, 0.05) is 19.1 Å². The Morgan fingerprint density at radius 3 is 3.00 bits per heavy atom. The third-order valence-corrected chi connectivity index (χ3v) is 3.12. The minimum Gasteiger partial charge on any atom is -0.494 e. The molecule has 2 unspecified atom stereocenters. The molecule has 2 aliphatic heterocycles. The number of hydrogen-bond acceptors (Lipinski definition) is 4. The van der Waals surface area contributed by atoms with Crippen LogP contribution in [0.3, 0.4) is 0 Å². The second kappa shape index (κ2) is 4.74. The first-order chi connectivity index (χ1) is 7.68. The minimum absolute atomic E-state index is 0.0848. The third kappa shape index (κ3) is 2.29. The molecule has 5 heteroatoms. The number of nitrogens with zero attached hydrogens (tertiary/aromatic N) is 1. The Hall–Kier alpha value is -1.23. The van der Waals surface area contributed by atoms with E-state index in [0.717, 1.165) is 6.42 Å². The van der Waals surface area contributed by atoms with Crippen LogP contribution in [0.25, 0.3) is 0 Å². The average Bonchev–Trinajstić information content (AvgIpc) is 2.33. The zero-order chi connectivity index (χ0) is 11.5. The maximum Gasteiger partial charge on any atom is 0.292 e. The minimum atomic E-state index is -0.0848. The maximum absolute atomic E-state index is 12.0. The van der Waals surface area contributed by atoms with Gasteiger partial charge in [0.15, 0.2) is 0 Å². The van der Waals surface area contributed by atoms with Gasteiger partial charge in [-0.3, -0.25) is 4.79 Å². The van der Waals surface area contributed by atoms with Crippen LogP contribution in [0.1, 0.15) is 13.3 Å². The van der Waals surface area contributed by atoms with Crippen molar-refractivity contribution in [2.75, 3.05) is 26.3 Å². The van der Waals surface area contributed by atoms with Crippen molar-refractivity contribution in [3.05, 3.63) is 12.0 Å². The number of likely N-dealkylation sites (tertiary alicyclic amines) is 1. The van der Waals surface area contributed by atoms with Gasteiger partial charge in [0.25, 0.3) is 5.91 Å². The highest BCUT2D eigenvalue weighted by Crippen LogP contribution is 2.18. The largest absolute Gasteiger partial charge is 0.494 e. The Bertz CT molecular complexity index is 304. The molecule has 90 valence electrons. The van der Waals surface area contributed by atoms with Gasteiger partial charge >= 0.3 is 0 Å². The predicted molar refractivity (Wildman–Crippen MR) is 58.3 cm³/mol. The van der Waals surface area contributed by atoms with Crippen LogP contribution in [-0.2, 0) is 14.3 Å². The second-order valence-corrected chi connectivity index (χ2v) is 4.38. The molecule has 0 bridgehead atoms.